The summed E-state index contributed by atoms with van der Waals surface area (Å²) in [6, 6.07) is 23.6. The van der Waals surface area contributed by atoms with Crippen LogP contribution < -0.4 is 10.1 Å². The molecule has 0 saturated heterocycles. The van der Waals surface area contributed by atoms with Gasteiger partial charge in [-0.3, -0.25) is 4.79 Å². The summed E-state index contributed by atoms with van der Waals surface area (Å²) in [5, 5.41) is 3.05. The molecular weight excluding hydrogens is 310 g/mol. The molecule has 3 heteroatoms. The lowest BCUT2D eigenvalue weighted by atomic mass is 9.87. The molecule has 1 atom stereocenters. The molecule has 1 aliphatic heterocycles. The molecule has 0 saturated carbocycles. The van der Waals surface area contributed by atoms with Gasteiger partial charge in [-0.25, -0.2) is 0 Å². The van der Waals surface area contributed by atoms with Crippen LogP contribution in [-0.2, 0) is 11.4 Å². The van der Waals surface area contributed by atoms with Gasteiger partial charge in [0.05, 0.1) is 5.92 Å². The smallest absolute Gasteiger partial charge is 0.236 e. The second kappa shape index (κ2) is 6.44. The van der Waals surface area contributed by atoms with Crippen LogP contribution in [0.4, 0.5) is 5.69 Å². The van der Waals surface area contributed by atoms with Gasteiger partial charge in [0.2, 0.25) is 5.91 Å². The maximum Gasteiger partial charge on any atom is 0.236 e. The number of amides is 1. The van der Waals surface area contributed by atoms with Gasteiger partial charge in [0.25, 0.3) is 0 Å². The van der Waals surface area contributed by atoms with Crippen molar-refractivity contribution in [1.29, 1.82) is 0 Å². The van der Waals surface area contributed by atoms with Crippen molar-refractivity contribution >= 4 is 11.6 Å². The van der Waals surface area contributed by atoms with Gasteiger partial charge in [-0.2, -0.15) is 0 Å². The topological polar surface area (TPSA) is 38.3 Å². The number of rotatable bonds is 2. The highest BCUT2D eigenvalue weighted by atomic mass is 16.5. The molecule has 0 aliphatic carbocycles. The fraction of sp³-hybridized carbons (Fsp3) is 0.136. The Morgan fingerprint density at radius 2 is 1.72 bits per heavy atom. The van der Waals surface area contributed by atoms with E-state index in [0.717, 1.165) is 33.7 Å². The molecule has 25 heavy (non-hydrogen) atoms. The largest absolute Gasteiger partial charge is 0.489 e. The van der Waals surface area contributed by atoms with Crippen molar-refractivity contribution in [1.82, 2.24) is 0 Å². The number of ether oxygens (including phenoxy) is 1. The maximum atomic E-state index is 13.2. The van der Waals surface area contributed by atoms with Crippen LogP contribution in [0.2, 0.25) is 0 Å². The summed E-state index contributed by atoms with van der Waals surface area (Å²) in [6.07, 6.45) is 0. The Bertz CT molecular complexity index is 918. The van der Waals surface area contributed by atoms with Crippen molar-refractivity contribution < 1.29 is 9.53 Å². The van der Waals surface area contributed by atoms with Crippen LogP contribution in [0.15, 0.2) is 72.8 Å². The standard InChI is InChI=1S/C22H19NO2/c1-15-11-12-20-19(13-15)21(18-10-6-5-7-16(18)14-25-20)22(24)23-17-8-3-2-4-9-17/h2-13,21H,14H2,1H3,(H,23,24). The molecule has 1 amide bonds. The molecule has 0 spiro atoms. The highest BCUT2D eigenvalue weighted by molar-refractivity contribution is 5.99. The highest BCUT2D eigenvalue weighted by Crippen LogP contribution is 2.38. The van der Waals surface area contributed by atoms with Crippen LogP contribution >= 0.6 is 0 Å². The first-order valence-corrected chi connectivity index (χ1v) is 8.39. The predicted molar refractivity (Wildman–Crippen MR) is 98.9 cm³/mol. The molecular formula is C22H19NO2. The number of fused-ring (bicyclic) bond motifs is 2. The van der Waals surface area contributed by atoms with E-state index in [-0.39, 0.29) is 5.91 Å². The Labute approximate surface area is 147 Å². The monoisotopic (exact) mass is 329 g/mol. The number of carbonyl (C=O) groups excluding carboxylic acids is 1. The van der Waals surface area contributed by atoms with Gasteiger partial charge in [-0.05, 0) is 36.2 Å². The van der Waals surface area contributed by atoms with Crippen LogP contribution in [0.25, 0.3) is 0 Å². The molecule has 124 valence electrons. The second-order valence-corrected chi connectivity index (χ2v) is 6.32. The predicted octanol–water partition coefficient (Wildman–Crippen LogP) is 4.66. The quantitative estimate of drug-likeness (QED) is 0.743. The Kier molecular flexibility index (Phi) is 3.98. The molecule has 0 radical (unpaired) electrons. The molecule has 4 rings (SSSR count). The molecule has 3 aromatic rings. The lowest BCUT2D eigenvalue weighted by Crippen LogP contribution is -2.22. The summed E-state index contributed by atoms with van der Waals surface area (Å²) in [4.78, 5) is 13.2. The van der Waals surface area contributed by atoms with Crippen molar-refractivity contribution in [2.75, 3.05) is 5.32 Å². The van der Waals surface area contributed by atoms with Crippen molar-refractivity contribution in [3.8, 4) is 5.75 Å². The lowest BCUT2D eigenvalue weighted by molar-refractivity contribution is -0.116. The molecule has 3 aromatic carbocycles. The number of aryl methyl sites for hydroxylation is 1. The molecule has 1 heterocycles. The summed E-state index contributed by atoms with van der Waals surface area (Å²) < 4.78 is 5.98. The number of para-hydroxylation sites is 1. The van der Waals surface area contributed by atoms with Crippen LogP contribution in [0.3, 0.4) is 0 Å². The molecule has 0 aromatic heterocycles. The SMILES string of the molecule is Cc1ccc2c(c1)C(C(=O)Nc1ccccc1)c1ccccc1CO2. The third-order valence-corrected chi connectivity index (χ3v) is 4.53. The van der Waals surface area contributed by atoms with Gasteiger partial charge < -0.3 is 10.1 Å². The van der Waals surface area contributed by atoms with Gasteiger partial charge in [0, 0.05) is 11.3 Å². The van der Waals surface area contributed by atoms with Crippen molar-refractivity contribution in [2.24, 2.45) is 0 Å². The summed E-state index contributed by atoms with van der Waals surface area (Å²) in [7, 11) is 0. The average molecular weight is 329 g/mol. The van der Waals surface area contributed by atoms with E-state index in [2.05, 4.69) is 5.32 Å². The van der Waals surface area contributed by atoms with Crippen LogP contribution in [-0.4, -0.2) is 5.91 Å². The third-order valence-electron chi connectivity index (χ3n) is 4.53. The van der Waals surface area contributed by atoms with E-state index in [0.29, 0.717) is 6.61 Å². The van der Waals surface area contributed by atoms with E-state index in [1.165, 1.54) is 0 Å². The summed E-state index contributed by atoms with van der Waals surface area (Å²) >= 11 is 0. The normalized spacial score (nSPS) is 15.3. The van der Waals surface area contributed by atoms with Gasteiger partial charge in [-0.15, -0.1) is 0 Å². The minimum absolute atomic E-state index is 0.0454. The summed E-state index contributed by atoms with van der Waals surface area (Å²) in [5.74, 6) is 0.333. The number of benzene rings is 3. The molecule has 1 unspecified atom stereocenters. The van der Waals surface area contributed by atoms with E-state index in [4.69, 9.17) is 4.74 Å². The van der Waals surface area contributed by atoms with E-state index < -0.39 is 5.92 Å². The van der Waals surface area contributed by atoms with Crippen molar-refractivity contribution in [3.05, 3.63) is 95.1 Å². The molecule has 1 aliphatic rings. The molecule has 0 fully saturated rings. The van der Waals surface area contributed by atoms with Gasteiger partial charge in [-0.1, -0.05) is 60.2 Å². The van der Waals surface area contributed by atoms with E-state index in [1.807, 2.05) is 79.7 Å². The van der Waals surface area contributed by atoms with Crippen LogP contribution in [0.1, 0.15) is 28.2 Å². The Morgan fingerprint density at radius 1 is 0.960 bits per heavy atom. The van der Waals surface area contributed by atoms with Gasteiger partial charge in [0.1, 0.15) is 12.4 Å². The molecule has 0 bridgehead atoms. The Morgan fingerprint density at radius 3 is 2.56 bits per heavy atom. The van der Waals surface area contributed by atoms with Gasteiger partial charge >= 0.3 is 0 Å². The maximum absolute atomic E-state index is 13.2. The van der Waals surface area contributed by atoms with E-state index in [9.17, 15) is 4.79 Å². The van der Waals surface area contributed by atoms with Gasteiger partial charge in [0.15, 0.2) is 0 Å². The molecule has 3 nitrogen and oxygen atoms in total. The highest BCUT2D eigenvalue weighted by Gasteiger charge is 2.30. The fourth-order valence-corrected chi connectivity index (χ4v) is 3.31. The number of nitrogens with one attached hydrogen (secondary N) is 1. The lowest BCUT2D eigenvalue weighted by Gasteiger charge is -2.19. The first-order chi connectivity index (χ1) is 12.2. The Balaban J connectivity index is 1.82. The number of hydrogen-bond donors (Lipinski definition) is 1. The minimum Gasteiger partial charge on any atom is -0.489 e. The van der Waals surface area contributed by atoms with Crippen molar-refractivity contribution in [2.45, 2.75) is 19.4 Å². The van der Waals surface area contributed by atoms with E-state index in [1.54, 1.807) is 0 Å². The first-order valence-electron chi connectivity index (χ1n) is 8.39. The van der Waals surface area contributed by atoms with E-state index >= 15 is 0 Å². The molecule has 1 N–H and O–H groups in total. The summed E-state index contributed by atoms with van der Waals surface area (Å²) in [6.45, 7) is 2.50. The van der Waals surface area contributed by atoms with Crippen molar-refractivity contribution in [3.63, 3.8) is 0 Å². The zero-order valence-corrected chi connectivity index (χ0v) is 14.0. The first kappa shape index (κ1) is 15.5. The fourth-order valence-electron chi connectivity index (χ4n) is 3.31. The number of hydrogen-bond acceptors (Lipinski definition) is 2. The van der Waals surface area contributed by atoms with Crippen LogP contribution in [0.5, 0.6) is 5.75 Å². The minimum atomic E-state index is -0.395. The van der Waals surface area contributed by atoms with Crippen LogP contribution in [0, 0.1) is 6.92 Å². The number of carbonyl (C=O) groups is 1. The second-order valence-electron chi connectivity index (χ2n) is 6.32. The third kappa shape index (κ3) is 3.01. The zero-order chi connectivity index (χ0) is 17.2. The number of anilines is 1. The average Bonchev–Trinajstić information content (AvgIpc) is 2.79. The zero-order valence-electron chi connectivity index (χ0n) is 14.0. The summed E-state index contributed by atoms with van der Waals surface area (Å²) in [5.41, 5.74) is 4.87. The Hall–Kier alpha value is -3.07.